The van der Waals surface area contributed by atoms with Crippen LogP contribution < -0.4 is 0 Å². The zero-order chi connectivity index (χ0) is 10.4. The van der Waals surface area contributed by atoms with Gasteiger partial charge in [-0.25, -0.2) is 0 Å². The third-order valence-electron chi connectivity index (χ3n) is 1.03. The highest BCUT2D eigenvalue weighted by Crippen LogP contribution is 2.28. The van der Waals surface area contributed by atoms with Gasteiger partial charge in [-0.15, -0.1) is 23.2 Å². The molecule has 0 nitrogen and oxygen atoms in total. The summed E-state index contributed by atoms with van der Waals surface area (Å²) in [5.41, 5.74) is 0. The molecule has 5 heteroatoms. The summed E-state index contributed by atoms with van der Waals surface area (Å²) in [5, 5.41) is 0.179. The van der Waals surface area contributed by atoms with E-state index in [0.29, 0.717) is 6.42 Å². The molecule has 12 heavy (non-hydrogen) atoms. The Morgan fingerprint density at radius 1 is 1.00 bits per heavy atom. The van der Waals surface area contributed by atoms with Gasteiger partial charge in [0.25, 0.3) is 0 Å². The van der Waals surface area contributed by atoms with Gasteiger partial charge in [-0.3, -0.25) is 0 Å². The molecule has 0 aliphatic rings. The largest absolute Gasteiger partial charge is 0.190 e. The number of halogens is 5. The average molecular weight is 274 g/mol. The lowest BCUT2D eigenvalue weighted by Crippen LogP contribution is -2.03. The fourth-order valence-corrected chi connectivity index (χ4v) is 0. The summed E-state index contributed by atoms with van der Waals surface area (Å²) in [6, 6.07) is 0. The second-order valence-electron chi connectivity index (χ2n) is 2.32. The quantitative estimate of drug-likeness (QED) is 0.590. The third-order valence-corrected chi connectivity index (χ3v) is 2.72. The summed E-state index contributed by atoms with van der Waals surface area (Å²) < 4.78 is -1.04. The van der Waals surface area contributed by atoms with E-state index in [4.69, 9.17) is 58.0 Å². The van der Waals surface area contributed by atoms with Crippen LogP contribution in [0.2, 0.25) is 0 Å². The highest BCUT2D eigenvalue weighted by molar-refractivity contribution is 6.67. The molecule has 0 rings (SSSR count). The normalized spacial score (nSPS) is 16.0. The Balaban J connectivity index is 0. The minimum Gasteiger partial charge on any atom is -0.122 e. The molecule has 0 aliphatic carbocycles. The summed E-state index contributed by atoms with van der Waals surface area (Å²) in [6.07, 6.45) is 0.567. The predicted octanol–water partition coefficient (Wildman–Crippen LogP) is 5.01. The van der Waals surface area contributed by atoms with Crippen molar-refractivity contribution in [3.8, 4) is 0 Å². The fourth-order valence-electron chi connectivity index (χ4n) is 0. The maximum absolute atomic E-state index is 5.48. The summed E-state index contributed by atoms with van der Waals surface area (Å²) in [4.78, 5) is 0. The molecule has 0 aromatic heterocycles. The summed E-state index contributed by atoms with van der Waals surface area (Å²) in [5.74, 6) is 0. The van der Waals surface area contributed by atoms with Gasteiger partial charge in [0.1, 0.15) is 0 Å². The van der Waals surface area contributed by atoms with Crippen molar-refractivity contribution in [2.75, 3.05) is 0 Å². The molecule has 2 unspecified atom stereocenters. The lowest BCUT2D eigenvalue weighted by molar-refractivity contribution is 0.905. The first-order chi connectivity index (χ1) is 5.20. The minimum absolute atomic E-state index is 0.0895. The van der Waals surface area contributed by atoms with Crippen LogP contribution in [0.5, 0.6) is 0 Å². The Morgan fingerprint density at radius 3 is 1.17 bits per heavy atom. The third kappa shape index (κ3) is 17.5. The van der Waals surface area contributed by atoms with Crippen molar-refractivity contribution < 1.29 is 0 Å². The first-order valence-electron chi connectivity index (χ1n) is 3.55. The van der Waals surface area contributed by atoms with Crippen LogP contribution in [0.4, 0.5) is 0 Å². The maximum atomic E-state index is 5.48. The molecule has 0 saturated carbocycles. The van der Waals surface area contributed by atoms with E-state index in [2.05, 4.69) is 0 Å². The lowest BCUT2D eigenvalue weighted by Gasteiger charge is -2.02. The van der Waals surface area contributed by atoms with Crippen molar-refractivity contribution in [1.29, 1.82) is 0 Å². The van der Waals surface area contributed by atoms with Gasteiger partial charge in [0, 0.05) is 10.8 Å². The highest BCUT2D eigenvalue weighted by atomic mass is 35.6. The molecule has 0 aromatic carbocycles. The van der Waals surface area contributed by atoms with Crippen LogP contribution in [0.15, 0.2) is 0 Å². The SMILES string of the molecule is CC(Cl)C(C)Cl.CCC(Cl)(Cl)Cl. The first kappa shape index (κ1) is 15.9. The highest BCUT2D eigenvalue weighted by Gasteiger charge is 2.14. The zero-order valence-electron chi connectivity index (χ0n) is 7.25. The zero-order valence-corrected chi connectivity index (χ0v) is 11.0. The molecule has 0 bridgehead atoms. The monoisotopic (exact) mass is 272 g/mol. The van der Waals surface area contributed by atoms with Crippen molar-refractivity contribution in [1.82, 2.24) is 0 Å². The van der Waals surface area contributed by atoms with E-state index in [1.807, 2.05) is 20.8 Å². The van der Waals surface area contributed by atoms with Gasteiger partial charge in [0.2, 0.25) is 0 Å². The van der Waals surface area contributed by atoms with E-state index < -0.39 is 3.79 Å². The van der Waals surface area contributed by atoms with E-state index >= 15 is 0 Å². The van der Waals surface area contributed by atoms with Crippen LogP contribution in [0.1, 0.15) is 27.2 Å². The van der Waals surface area contributed by atoms with Crippen molar-refractivity contribution in [2.45, 2.75) is 41.7 Å². The van der Waals surface area contributed by atoms with Crippen molar-refractivity contribution in [3.63, 3.8) is 0 Å². The molecule has 76 valence electrons. The number of rotatable bonds is 1. The molecular weight excluding hydrogens is 261 g/mol. The van der Waals surface area contributed by atoms with E-state index in [1.54, 1.807) is 0 Å². The number of alkyl halides is 5. The predicted molar refractivity (Wildman–Crippen MR) is 61.2 cm³/mol. The van der Waals surface area contributed by atoms with Crippen LogP contribution >= 0.6 is 58.0 Å². The van der Waals surface area contributed by atoms with Crippen LogP contribution in [-0.4, -0.2) is 14.5 Å². The number of hydrogen-bond donors (Lipinski definition) is 0. The Labute approximate surface area is 99.5 Å². The second-order valence-corrected chi connectivity index (χ2v) is 6.22. The van der Waals surface area contributed by atoms with Gasteiger partial charge in [0.05, 0.1) is 0 Å². The van der Waals surface area contributed by atoms with Gasteiger partial charge >= 0.3 is 0 Å². The van der Waals surface area contributed by atoms with E-state index in [0.717, 1.165) is 0 Å². The molecule has 0 heterocycles. The Bertz CT molecular complexity index is 88.5. The van der Waals surface area contributed by atoms with E-state index in [-0.39, 0.29) is 10.8 Å². The first-order valence-corrected chi connectivity index (χ1v) is 5.56. The van der Waals surface area contributed by atoms with Crippen LogP contribution in [0, 0.1) is 0 Å². The minimum atomic E-state index is -1.04. The van der Waals surface area contributed by atoms with Gasteiger partial charge < -0.3 is 0 Å². The second kappa shape index (κ2) is 7.82. The van der Waals surface area contributed by atoms with E-state index in [1.165, 1.54) is 0 Å². The van der Waals surface area contributed by atoms with Crippen molar-refractivity contribution in [2.24, 2.45) is 0 Å². The van der Waals surface area contributed by atoms with Gasteiger partial charge in [-0.1, -0.05) is 41.7 Å². The Kier molecular flexibility index (Phi) is 10.4. The van der Waals surface area contributed by atoms with Crippen molar-refractivity contribution in [3.05, 3.63) is 0 Å². The van der Waals surface area contributed by atoms with Crippen LogP contribution in [-0.2, 0) is 0 Å². The van der Waals surface area contributed by atoms with Crippen LogP contribution in [0.3, 0.4) is 0 Å². The standard InChI is InChI=1S/C4H8Cl2.C3H5Cl3/c1-3(5)4(2)6;1-2-3(4,5)6/h3-4H,1-2H3;2H2,1H3. The van der Waals surface area contributed by atoms with Crippen molar-refractivity contribution >= 4 is 58.0 Å². The Hall–Kier alpha value is 1.45. The smallest absolute Gasteiger partial charge is 0.122 e. The molecule has 0 fully saturated rings. The molecule has 0 amide bonds. The maximum Gasteiger partial charge on any atom is 0.190 e. The summed E-state index contributed by atoms with van der Waals surface area (Å²) in [7, 11) is 0. The number of hydrogen-bond acceptors (Lipinski definition) is 0. The topological polar surface area (TPSA) is 0 Å². The molecule has 0 spiro atoms. The lowest BCUT2D eigenvalue weighted by atomic mass is 10.4. The summed E-state index contributed by atoms with van der Waals surface area (Å²) in [6.45, 7) is 5.56. The molecule has 0 aromatic rings. The van der Waals surface area contributed by atoms with E-state index in [9.17, 15) is 0 Å². The molecule has 0 saturated heterocycles. The van der Waals surface area contributed by atoms with Gasteiger partial charge in [-0.2, -0.15) is 0 Å². The van der Waals surface area contributed by atoms with Gasteiger partial charge in [-0.05, 0) is 20.3 Å². The molecular formula is C7H13Cl5. The summed E-state index contributed by atoms with van der Waals surface area (Å²) >= 11 is 26.7. The molecule has 0 aliphatic heterocycles. The molecule has 0 radical (unpaired) electrons. The average Bonchev–Trinajstić information content (AvgIpc) is 1.87. The fraction of sp³-hybridized carbons (Fsp3) is 1.00. The van der Waals surface area contributed by atoms with Crippen LogP contribution in [0.25, 0.3) is 0 Å². The van der Waals surface area contributed by atoms with Gasteiger partial charge in [0.15, 0.2) is 3.79 Å². The Morgan fingerprint density at radius 2 is 1.17 bits per heavy atom. The molecule has 2 atom stereocenters. The molecule has 0 N–H and O–H groups in total.